The number of hydrogen-bond donors (Lipinski definition) is 1. The van der Waals surface area contributed by atoms with Crippen molar-refractivity contribution < 1.29 is 27.5 Å². The fourth-order valence-corrected chi connectivity index (χ4v) is 4.75. The molecule has 0 aliphatic rings. The number of nitrogens with one attached hydrogen (secondary N) is 1. The highest BCUT2D eigenvalue weighted by Crippen LogP contribution is 2.33. The number of rotatable bonds is 12. The van der Waals surface area contributed by atoms with Crippen LogP contribution in [0.4, 0.5) is 5.69 Å². The van der Waals surface area contributed by atoms with E-state index in [1.165, 1.54) is 25.2 Å². The zero-order valence-corrected chi connectivity index (χ0v) is 23.9. The molecule has 198 valence electrons. The minimum Gasteiger partial charge on any atom is -0.497 e. The van der Waals surface area contributed by atoms with Gasteiger partial charge in [0.15, 0.2) is 0 Å². The van der Waals surface area contributed by atoms with E-state index in [9.17, 15) is 18.0 Å². The number of anilines is 1. The fraction of sp³-hybridized carbons (Fsp3) is 0.440. The summed E-state index contributed by atoms with van der Waals surface area (Å²) in [5.41, 5.74) is 0.975. The van der Waals surface area contributed by atoms with E-state index in [-0.39, 0.29) is 29.8 Å². The number of sulfonamides is 1. The summed E-state index contributed by atoms with van der Waals surface area (Å²) in [6.45, 7) is 5.64. The lowest BCUT2D eigenvalue weighted by molar-refractivity contribution is -0.139. The minimum atomic E-state index is -3.89. The predicted molar refractivity (Wildman–Crippen MR) is 144 cm³/mol. The third-order valence-electron chi connectivity index (χ3n) is 5.43. The van der Waals surface area contributed by atoms with E-state index >= 15 is 0 Å². The number of ether oxygens (including phenoxy) is 2. The molecule has 2 rings (SSSR count). The molecule has 0 aliphatic heterocycles. The predicted octanol–water partition coefficient (Wildman–Crippen LogP) is 3.42. The molecule has 36 heavy (non-hydrogen) atoms. The Morgan fingerprint density at radius 1 is 1.06 bits per heavy atom. The molecule has 0 heterocycles. The minimum absolute atomic E-state index is 0.117. The molecule has 0 aliphatic carbocycles. The van der Waals surface area contributed by atoms with Crippen LogP contribution in [0, 0.1) is 5.92 Å². The van der Waals surface area contributed by atoms with Crippen LogP contribution in [0.25, 0.3) is 0 Å². The second kappa shape index (κ2) is 13.0. The van der Waals surface area contributed by atoms with Crippen LogP contribution < -0.4 is 19.1 Å². The lowest BCUT2D eigenvalue weighted by atomic mass is 10.1. The first-order valence-electron chi connectivity index (χ1n) is 11.4. The molecule has 0 unspecified atom stereocenters. The second-order valence-corrected chi connectivity index (χ2v) is 11.6. The highest BCUT2D eigenvalue weighted by atomic mass is 79.9. The van der Waals surface area contributed by atoms with E-state index in [2.05, 4.69) is 21.2 Å². The summed E-state index contributed by atoms with van der Waals surface area (Å²) in [7, 11) is -1.00. The SMILES string of the molecule is COc1ccc(N(CC(=O)N(Cc2cccc(Br)c2)[C@@H](C)C(=O)NCC(C)C)S(C)(=O)=O)c(OC)c1. The molecule has 0 bridgehead atoms. The molecule has 0 fully saturated rings. The highest BCUT2D eigenvalue weighted by Gasteiger charge is 2.31. The molecule has 1 N–H and O–H groups in total. The van der Waals surface area contributed by atoms with Gasteiger partial charge in [0.05, 0.1) is 26.2 Å². The Bertz CT molecular complexity index is 1170. The van der Waals surface area contributed by atoms with E-state index in [1.54, 1.807) is 19.1 Å². The van der Waals surface area contributed by atoms with Crippen molar-refractivity contribution in [2.24, 2.45) is 5.92 Å². The maximum absolute atomic E-state index is 13.6. The van der Waals surface area contributed by atoms with Gasteiger partial charge in [0, 0.05) is 23.6 Å². The lowest BCUT2D eigenvalue weighted by Crippen LogP contribution is -2.51. The Labute approximate surface area is 221 Å². The van der Waals surface area contributed by atoms with Gasteiger partial charge in [-0.15, -0.1) is 0 Å². The van der Waals surface area contributed by atoms with Gasteiger partial charge in [-0.3, -0.25) is 13.9 Å². The Kier molecular flexibility index (Phi) is 10.6. The Hall–Kier alpha value is -2.79. The van der Waals surface area contributed by atoms with E-state index in [4.69, 9.17) is 9.47 Å². The van der Waals surface area contributed by atoms with Gasteiger partial charge in [-0.25, -0.2) is 8.42 Å². The molecule has 0 aromatic heterocycles. The number of carbonyl (C=O) groups is 2. The third-order valence-corrected chi connectivity index (χ3v) is 7.05. The zero-order valence-electron chi connectivity index (χ0n) is 21.4. The van der Waals surface area contributed by atoms with Gasteiger partial charge in [-0.2, -0.15) is 0 Å². The zero-order chi connectivity index (χ0) is 27.0. The van der Waals surface area contributed by atoms with E-state index in [1.807, 2.05) is 38.1 Å². The Morgan fingerprint density at radius 2 is 1.75 bits per heavy atom. The molecule has 2 aromatic carbocycles. The molecule has 2 aromatic rings. The quantitative estimate of drug-likeness (QED) is 0.410. The second-order valence-electron chi connectivity index (χ2n) is 8.77. The maximum Gasteiger partial charge on any atom is 0.244 e. The highest BCUT2D eigenvalue weighted by molar-refractivity contribution is 9.10. The van der Waals surface area contributed by atoms with Crippen LogP contribution in [0.3, 0.4) is 0 Å². The molecule has 0 saturated carbocycles. The summed E-state index contributed by atoms with van der Waals surface area (Å²) in [5.74, 6) is 0.0834. The monoisotopic (exact) mass is 583 g/mol. The molecule has 0 radical (unpaired) electrons. The molecule has 1 atom stereocenters. The van der Waals surface area contributed by atoms with Crippen molar-refractivity contribution in [1.82, 2.24) is 10.2 Å². The first-order chi connectivity index (χ1) is 16.9. The van der Waals surface area contributed by atoms with Crippen molar-refractivity contribution >= 4 is 43.5 Å². The molecule has 0 saturated heterocycles. The summed E-state index contributed by atoms with van der Waals surface area (Å²) in [6, 6.07) is 11.2. The molecular weight excluding hydrogens is 550 g/mol. The van der Waals surface area contributed by atoms with Crippen LogP contribution in [0.15, 0.2) is 46.9 Å². The van der Waals surface area contributed by atoms with Gasteiger partial charge in [-0.05, 0) is 42.7 Å². The molecule has 0 spiro atoms. The van der Waals surface area contributed by atoms with Gasteiger partial charge in [0.1, 0.15) is 24.1 Å². The van der Waals surface area contributed by atoms with Crippen molar-refractivity contribution in [3.63, 3.8) is 0 Å². The van der Waals surface area contributed by atoms with Crippen molar-refractivity contribution in [3.8, 4) is 11.5 Å². The molecule has 11 heteroatoms. The largest absolute Gasteiger partial charge is 0.497 e. The topological polar surface area (TPSA) is 105 Å². The van der Waals surface area contributed by atoms with Crippen LogP contribution in [-0.2, 0) is 26.2 Å². The average Bonchev–Trinajstić information content (AvgIpc) is 2.82. The number of hydrogen-bond acceptors (Lipinski definition) is 6. The summed E-state index contributed by atoms with van der Waals surface area (Å²) in [6.07, 6.45) is 1.02. The number of carbonyl (C=O) groups excluding carboxylic acids is 2. The van der Waals surface area contributed by atoms with Crippen LogP contribution in [0.1, 0.15) is 26.3 Å². The number of halogens is 1. The van der Waals surface area contributed by atoms with Crippen LogP contribution >= 0.6 is 15.9 Å². The average molecular weight is 585 g/mol. The summed E-state index contributed by atoms with van der Waals surface area (Å²) in [4.78, 5) is 27.9. The normalized spacial score (nSPS) is 12.1. The van der Waals surface area contributed by atoms with E-state index in [0.717, 1.165) is 20.6 Å². The standard InChI is InChI=1S/C25H34BrN3O6S/c1-17(2)14-27-25(31)18(3)28(15-19-8-7-9-20(26)12-19)24(30)16-29(36(6,32)33)22-11-10-21(34-4)13-23(22)35-5/h7-13,17-18H,14-16H2,1-6H3,(H,27,31)/t18-/m0/s1. The molecular formula is C25H34BrN3O6S. The first-order valence-corrected chi connectivity index (χ1v) is 14.0. The number of nitrogens with zero attached hydrogens (tertiary/aromatic N) is 2. The summed E-state index contributed by atoms with van der Waals surface area (Å²) >= 11 is 3.43. The van der Waals surface area contributed by atoms with E-state index in [0.29, 0.717) is 12.3 Å². The Morgan fingerprint density at radius 3 is 2.31 bits per heavy atom. The van der Waals surface area contributed by atoms with Gasteiger partial charge in [-0.1, -0.05) is 41.9 Å². The first kappa shape index (κ1) is 29.4. The van der Waals surface area contributed by atoms with Crippen molar-refractivity contribution in [3.05, 3.63) is 52.5 Å². The van der Waals surface area contributed by atoms with Gasteiger partial charge in [0.25, 0.3) is 0 Å². The molecule has 9 nitrogen and oxygen atoms in total. The third kappa shape index (κ3) is 8.12. The van der Waals surface area contributed by atoms with Crippen LogP contribution in [0.2, 0.25) is 0 Å². The van der Waals surface area contributed by atoms with E-state index < -0.39 is 28.5 Å². The van der Waals surface area contributed by atoms with Gasteiger partial charge < -0.3 is 19.7 Å². The smallest absolute Gasteiger partial charge is 0.244 e. The number of benzene rings is 2. The summed E-state index contributed by atoms with van der Waals surface area (Å²) in [5, 5.41) is 2.85. The Balaban J connectivity index is 2.44. The van der Waals surface area contributed by atoms with Crippen LogP contribution in [-0.4, -0.2) is 64.7 Å². The fourth-order valence-electron chi connectivity index (χ4n) is 3.45. The number of amides is 2. The number of methoxy groups -OCH3 is 2. The maximum atomic E-state index is 13.6. The summed E-state index contributed by atoms with van der Waals surface area (Å²) < 4.78 is 37.9. The van der Waals surface area contributed by atoms with Crippen molar-refractivity contribution in [2.75, 3.05) is 37.9 Å². The lowest BCUT2D eigenvalue weighted by Gasteiger charge is -2.32. The van der Waals surface area contributed by atoms with Gasteiger partial charge in [0.2, 0.25) is 21.8 Å². The van der Waals surface area contributed by atoms with Crippen molar-refractivity contribution in [1.29, 1.82) is 0 Å². The van der Waals surface area contributed by atoms with Crippen molar-refractivity contribution in [2.45, 2.75) is 33.4 Å². The molecule has 2 amide bonds. The van der Waals surface area contributed by atoms with Crippen LogP contribution in [0.5, 0.6) is 11.5 Å². The van der Waals surface area contributed by atoms with Gasteiger partial charge >= 0.3 is 0 Å².